The minimum Gasteiger partial charge on any atom is -0.388 e. The van der Waals surface area contributed by atoms with E-state index in [1.807, 2.05) is 0 Å². The standard InChI is InChI=1S/C13H24O8/c1-5-8(14)10(16)7(4-19-5)21-13-12(18-3)11(17)9(15)6(2)20-13/h5-17H,4H2,1-3H3. The Bertz CT molecular complexity index is 340. The molecule has 0 aromatic carbocycles. The van der Waals surface area contributed by atoms with Crippen LogP contribution in [0, 0.1) is 0 Å². The van der Waals surface area contributed by atoms with Gasteiger partial charge in [0.05, 0.1) is 18.8 Å². The van der Waals surface area contributed by atoms with Crippen LogP contribution in [0.25, 0.3) is 0 Å². The first-order valence-electron chi connectivity index (χ1n) is 7.04. The van der Waals surface area contributed by atoms with E-state index in [1.54, 1.807) is 13.8 Å². The lowest BCUT2D eigenvalue weighted by molar-refractivity contribution is -0.328. The van der Waals surface area contributed by atoms with Gasteiger partial charge >= 0.3 is 0 Å². The van der Waals surface area contributed by atoms with Crippen LogP contribution in [0.15, 0.2) is 0 Å². The van der Waals surface area contributed by atoms with Crippen molar-refractivity contribution in [2.45, 2.75) is 69.0 Å². The molecule has 9 atom stereocenters. The Balaban J connectivity index is 2.03. The molecule has 0 amide bonds. The molecule has 8 nitrogen and oxygen atoms in total. The lowest BCUT2D eigenvalue weighted by Crippen LogP contribution is -2.61. The van der Waals surface area contributed by atoms with Crippen LogP contribution in [0.1, 0.15) is 13.8 Å². The molecule has 0 bridgehead atoms. The summed E-state index contributed by atoms with van der Waals surface area (Å²) in [6.45, 7) is 3.34. The number of aliphatic hydroxyl groups excluding tert-OH is 4. The van der Waals surface area contributed by atoms with Gasteiger partial charge in [0.15, 0.2) is 6.29 Å². The molecule has 8 heteroatoms. The van der Waals surface area contributed by atoms with Crippen LogP contribution in [0.5, 0.6) is 0 Å². The molecular weight excluding hydrogens is 284 g/mol. The number of rotatable bonds is 3. The van der Waals surface area contributed by atoms with Crippen molar-refractivity contribution in [3.8, 4) is 0 Å². The van der Waals surface area contributed by atoms with Gasteiger partial charge in [0.25, 0.3) is 0 Å². The third-order valence-corrected chi connectivity index (χ3v) is 4.10. The summed E-state index contributed by atoms with van der Waals surface area (Å²) < 4.78 is 21.5. The van der Waals surface area contributed by atoms with Crippen LogP contribution in [0.2, 0.25) is 0 Å². The van der Waals surface area contributed by atoms with Gasteiger partial charge in [-0.3, -0.25) is 0 Å². The van der Waals surface area contributed by atoms with E-state index < -0.39 is 55.1 Å². The summed E-state index contributed by atoms with van der Waals surface area (Å²) in [7, 11) is 1.36. The third kappa shape index (κ3) is 3.38. The molecule has 0 spiro atoms. The Morgan fingerprint density at radius 1 is 0.905 bits per heavy atom. The van der Waals surface area contributed by atoms with E-state index in [4.69, 9.17) is 18.9 Å². The van der Waals surface area contributed by atoms with Crippen molar-refractivity contribution in [2.24, 2.45) is 0 Å². The highest BCUT2D eigenvalue weighted by atomic mass is 16.7. The minimum absolute atomic E-state index is 0.0860. The van der Waals surface area contributed by atoms with Crippen LogP contribution in [0.4, 0.5) is 0 Å². The average molecular weight is 308 g/mol. The maximum absolute atomic E-state index is 10.0. The van der Waals surface area contributed by atoms with Crippen LogP contribution in [-0.4, -0.2) is 89.3 Å². The number of methoxy groups -OCH3 is 1. The zero-order valence-electron chi connectivity index (χ0n) is 12.3. The molecule has 0 aliphatic carbocycles. The Morgan fingerprint density at radius 3 is 2.14 bits per heavy atom. The van der Waals surface area contributed by atoms with Crippen molar-refractivity contribution in [3.05, 3.63) is 0 Å². The molecule has 4 N–H and O–H groups in total. The van der Waals surface area contributed by atoms with E-state index in [0.29, 0.717) is 0 Å². The monoisotopic (exact) mass is 308 g/mol. The first kappa shape index (κ1) is 17.0. The zero-order chi connectivity index (χ0) is 15.7. The van der Waals surface area contributed by atoms with Crippen LogP contribution in [0.3, 0.4) is 0 Å². The number of aliphatic hydroxyl groups is 4. The van der Waals surface area contributed by atoms with Gasteiger partial charge in [0.1, 0.15) is 36.6 Å². The summed E-state index contributed by atoms with van der Waals surface area (Å²) in [5.41, 5.74) is 0. The molecule has 0 aromatic rings. The van der Waals surface area contributed by atoms with Crippen LogP contribution < -0.4 is 0 Å². The second kappa shape index (κ2) is 6.84. The molecule has 0 radical (unpaired) electrons. The summed E-state index contributed by atoms with van der Waals surface area (Å²) in [6.07, 6.45) is -8.29. The van der Waals surface area contributed by atoms with Crippen LogP contribution >= 0.6 is 0 Å². The minimum atomic E-state index is -1.17. The number of ether oxygens (including phenoxy) is 4. The first-order chi connectivity index (χ1) is 9.86. The summed E-state index contributed by atoms with van der Waals surface area (Å²) >= 11 is 0. The molecule has 2 fully saturated rings. The molecule has 2 heterocycles. The van der Waals surface area contributed by atoms with Gasteiger partial charge in [-0.15, -0.1) is 0 Å². The largest absolute Gasteiger partial charge is 0.388 e. The Labute approximate surface area is 123 Å². The topological polar surface area (TPSA) is 118 Å². The van der Waals surface area contributed by atoms with E-state index in [1.165, 1.54) is 7.11 Å². The maximum Gasteiger partial charge on any atom is 0.187 e. The number of hydrogen-bond donors (Lipinski definition) is 4. The number of hydrogen-bond acceptors (Lipinski definition) is 8. The summed E-state index contributed by atoms with van der Waals surface area (Å²) in [5, 5.41) is 39.6. The average Bonchev–Trinajstić information content (AvgIpc) is 2.46. The zero-order valence-corrected chi connectivity index (χ0v) is 12.3. The smallest absolute Gasteiger partial charge is 0.187 e. The lowest BCUT2D eigenvalue weighted by Gasteiger charge is -2.44. The van der Waals surface area contributed by atoms with E-state index in [-0.39, 0.29) is 6.61 Å². The van der Waals surface area contributed by atoms with Crippen molar-refractivity contribution >= 4 is 0 Å². The van der Waals surface area contributed by atoms with Gasteiger partial charge in [-0.05, 0) is 13.8 Å². The fourth-order valence-electron chi connectivity index (χ4n) is 2.60. The second-order valence-electron chi connectivity index (χ2n) is 5.59. The molecule has 21 heavy (non-hydrogen) atoms. The van der Waals surface area contributed by atoms with Crippen molar-refractivity contribution in [1.82, 2.24) is 0 Å². The lowest BCUT2D eigenvalue weighted by atomic mass is 9.98. The predicted octanol–water partition coefficient (Wildman–Crippen LogP) is -2.01. The highest BCUT2D eigenvalue weighted by Crippen LogP contribution is 2.27. The molecule has 2 aliphatic heterocycles. The molecule has 0 aromatic heterocycles. The molecule has 9 unspecified atom stereocenters. The van der Waals surface area contributed by atoms with Gasteiger partial charge in [-0.1, -0.05) is 0 Å². The van der Waals surface area contributed by atoms with Crippen molar-refractivity contribution in [2.75, 3.05) is 13.7 Å². The van der Waals surface area contributed by atoms with E-state index >= 15 is 0 Å². The first-order valence-corrected chi connectivity index (χ1v) is 7.04. The maximum atomic E-state index is 10.0. The van der Waals surface area contributed by atoms with E-state index in [9.17, 15) is 20.4 Å². The van der Waals surface area contributed by atoms with Gasteiger partial charge in [0.2, 0.25) is 0 Å². The Hall–Kier alpha value is -0.320. The SMILES string of the molecule is COC1C(OC2COC(C)C(O)C2O)OC(C)C(O)C1O. The third-order valence-electron chi connectivity index (χ3n) is 4.10. The summed E-state index contributed by atoms with van der Waals surface area (Å²) in [6, 6.07) is 0. The normalized spacial score (nSPS) is 51.9. The fraction of sp³-hybridized carbons (Fsp3) is 1.00. The highest BCUT2D eigenvalue weighted by Gasteiger charge is 2.46. The van der Waals surface area contributed by atoms with Gasteiger partial charge in [-0.2, -0.15) is 0 Å². The molecule has 2 aliphatic rings. The Kier molecular flexibility index (Phi) is 5.55. The highest BCUT2D eigenvalue weighted by molar-refractivity contribution is 4.91. The summed E-state index contributed by atoms with van der Waals surface area (Å²) in [5.74, 6) is 0. The molecule has 2 saturated heterocycles. The van der Waals surface area contributed by atoms with Gasteiger partial charge in [-0.25, -0.2) is 0 Å². The van der Waals surface area contributed by atoms with Gasteiger partial charge < -0.3 is 39.4 Å². The predicted molar refractivity (Wildman–Crippen MR) is 69.4 cm³/mol. The molecule has 2 rings (SSSR count). The quantitative estimate of drug-likeness (QED) is 0.472. The van der Waals surface area contributed by atoms with Crippen molar-refractivity contribution < 1.29 is 39.4 Å². The van der Waals surface area contributed by atoms with Crippen molar-refractivity contribution in [1.29, 1.82) is 0 Å². The second-order valence-corrected chi connectivity index (χ2v) is 5.59. The van der Waals surface area contributed by atoms with E-state index in [2.05, 4.69) is 0 Å². The molecule has 124 valence electrons. The van der Waals surface area contributed by atoms with Crippen molar-refractivity contribution in [3.63, 3.8) is 0 Å². The fourth-order valence-corrected chi connectivity index (χ4v) is 2.60. The van der Waals surface area contributed by atoms with Crippen LogP contribution in [-0.2, 0) is 18.9 Å². The van der Waals surface area contributed by atoms with Gasteiger partial charge in [0, 0.05) is 7.11 Å². The Morgan fingerprint density at radius 2 is 1.52 bits per heavy atom. The molecule has 0 saturated carbocycles. The van der Waals surface area contributed by atoms with E-state index in [0.717, 1.165) is 0 Å². The molecular formula is C13H24O8. The summed E-state index contributed by atoms with van der Waals surface area (Å²) in [4.78, 5) is 0.